The Morgan fingerprint density at radius 1 is 0.871 bits per heavy atom. The molecule has 31 heavy (non-hydrogen) atoms. The summed E-state index contributed by atoms with van der Waals surface area (Å²) in [5, 5.41) is 2.66. The lowest BCUT2D eigenvalue weighted by atomic mass is 10.1. The molecule has 0 fully saturated rings. The molecule has 0 spiro atoms. The van der Waals surface area contributed by atoms with Crippen molar-refractivity contribution in [2.24, 2.45) is 0 Å². The van der Waals surface area contributed by atoms with Crippen LogP contribution in [0.25, 0.3) is 5.69 Å². The number of benzene rings is 2. The van der Waals surface area contributed by atoms with E-state index in [2.05, 4.69) is 5.32 Å². The van der Waals surface area contributed by atoms with Crippen LogP contribution in [-0.2, 0) is 9.53 Å². The highest BCUT2D eigenvalue weighted by Gasteiger charge is 2.13. The van der Waals surface area contributed by atoms with Gasteiger partial charge >= 0.3 is 5.97 Å². The number of nitrogens with zero attached hydrogens (tertiary/aromatic N) is 2. The summed E-state index contributed by atoms with van der Waals surface area (Å²) in [4.78, 5) is 38.3. The summed E-state index contributed by atoms with van der Waals surface area (Å²) in [5.74, 6) is -1.09. The number of anilines is 1. The van der Waals surface area contributed by atoms with Gasteiger partial charge in [-0.3, -0.25) is 9.59 Å². The molecule has 0 atom stereocenters. The van der Waals surface area contributed by atoms with E-state index in [9.17, 15) is 14.4 Å². The van der Waals surface area contributed by atoms with E-state index in [1.54, 1.807) is 53.4 Å². The van der Waals surface area contributed by atoms with Crippen LogP contribution in [0.4, 0.5) is 5.69 Å². The normalized spacial score (nSPS) is 10.4. The number of amides is 2. The largest absolute Gasteiger partial charge is 0.452 e. The molecule has 0 aliphatic heterocycles. The SMILES string of the molecule is CCN(CC)C(=O)c1ccc(NC(=O)COC(=O)c2ccc(-n3cccc3)cc2)cc1. The molecule has 1 heterocycles. The van der Waals surface area contributed by atoms with Crippen LogP contribution in [0.5, 0.6) is 0 Å². The van der Waals surface area contributed by atoms with E-state index in [4.69, 9.17) is 4.74 Å². The molecular formula is C24H25N3O4. The van der Waals surface area contributed by atoms with Gasteiger partial charge in [-0.25, -0.2) is 4.79 Å². The van der Waals surface area contributed by atoms with Crippen molar-refractivity contribution in [3.8, 4) is 5.69 Å². The first-order chi connectivity index (χ1) is 15.0. The van der Waals surface area contributed by atoms with Crippen LogP contribution < -0.4 is 5.32 Å². The average Bonchev–Trinajstić information content (AvgIpc) is 3.34. The van der Waals surface area contributed by atoms with E-state index in [0.717, 1.165) is 5.69 Å². The van der Waals surface area contributed by atoms with Gasteiger partial charge in [-0.2, -0.15) is 0 Å². The van der Waals surface area contributed by atoms with Crippen LogP contribution in [0, 0.1) is 0 Å². The van der Waals surface area contributed by atoms with Crippen molar-refractivity contribution in [3.63, 3.8) is 0 Å². The van der Waals surface area contributed by atoms with Crippen LogP contribution in [0.1, 0.15) is 34.6 Å². The summed E-state index contributed by atoms with van der Waals surface area (Å²) >= 11 is 0. The Morgan fingerprint density at radius 2 is 1.45 bits per heavy atom. The maximum Gasteiger partial charge on any atom is 0.338 e. The summed E-state index contributed by atoms with van der Waals surface area (Å²) in [5.41, 5.74) is 2.36. The van der Waals surface area contributed by atoms with Crippen molar-refractivity contribution in [2.75, 3.05) is 25.0 Å². The van der Waals surface area contributed by atoms with Gasteiger partial charge in [-0.05, 0) is 74.5 Å². The van der Waals surface area contributed by atoms with Crippen molar-refractivity contribution < 1.29 is 19.1 Å². The summed E-state index contributed by atoms with van der Waals surface area (Å²) in [6.07, 6.45) is 3.81. The van der Waals surface area contributed by atoms with E-state index in [1.165, 1.54) is 0 Å². The quantitative estimate of drug-likeness (QED) is 0.564. The zero-order valence-electron chi connectivity index (χ0n) is 17.6. The molecule has 7 heteroatoms. The van der Waals surface area contributed by atoms with Crippen molar-refractivity contribution in [1.29, 1.82) is 0 Å². The van der Waals surface area contributed by atoms with Crippen LogP contribution >= 0.6 is 0 Å². The molecule has 0 aliphatic carbocycles. The Kier molecular flexibility index (Phi) is 7.22. The molecule has 0 bridgehead atoms. The minimum Gasteiger partial charge on any atom is -0.452 e. The number of ether oxygens (including phenoxy) is 1. The van der Waals surface area contributed by atoms with Gasteiger partial charge in [0.25, 0.3) is 11.8 Å². The van der Waals surface area contributed by atoms with Gasteiger partial charge in [0.2, 0.25) is 0 Å². The van der Waals surface area contributed by atoms with E-state index in [1.807, 2.05) is 42.9 Å². The first-order valence-corrected chi connectivity index (χ1v) is 10.1. The lowest BCUT2D eigenvalue weighted by Gasteiger charge is -2.18. The molecule has 0 radical (unpaired) electrons. The topological polar surface area (TPSA) is 80.6 Å². The molecule has 2 amide bonds. The van der Waals surface area contributed by atoms with Crippen LogP contribution in [0.15, 0.2) is 73.1 Å². The number of carbonyl (C=O) groups is 3. The maximum absolute atomic E-state index is 12.3. The molecule has 160 valence electrons. The molecule has 0 aliphatic rings. The summed E-state index contributed by atoms with van der Waals surface area (Å²) in [6, 6.07) is 17.4. The minimum absolute atomic E-state index is 0.0559. The summed E-state index contributed by atoms with van der Waals surface area (Å²) in [7, 11) is 0. The highest BCUT2D eigenvalue weighted by Crippen LogP contribution is 2.13. The van der Waals surface area contributed by atoms with E-state index in [-0.39, 0.29) is 5.91 Å². The Morgan fingerprint density at radius 3 is 2.03 bits per heavy atom. The van der Waals surface area contributed by atoms with Crippen molar-refractivity contribution >= 4 is 23.5 Å². The fraction of sp³-hybridized carbons (Fsp3) is 0.208. The first kappa shape index (κ1) is 21.8. The van der Waals surface area contributed by atoms with E-state index >= 15 is 0 Å². The number of rotatable bonds is 8. The second-order valence-electron chi connectivity index (χ2n) is 6.82. The average molecular weight is 419 g/mol. The van der Waals surface area contributed by atoms with Crippen molar-refractivity contribution in [2.45, 2.75) is 13.8 Å². The lowest BCUT2D eigenvalue weighted by Crippen LogP contribution is -2.30. The zero-order valence-corrected chi connectivity index (χ0v) is 17.6. The predicted molar refractivity (Wildman–Crippen MR) is 118 cm³/mol. The van der Waals surface area contributed by atoms with E-state index < -0.39 is 18.5 Å². The Labute approximate surface area is 181 Å². The number of hydrogen-bond acceptors (Lipinski definition) is 4. The van der Waals surface area contributed by atoms with Gasteiger partial charge in [0.05, 0.1) is 5.56 Å². The molecule has 2 aromatic carbocycles. The maximum atomic E-state index is 12.3. The van der Waals surface area contributed by atoms with Gasteiger partial charge in [0.15, 0.2) is 6.61 Å². The zero-order chi connectivity index (χ0) is 22.2. The smallest absolute Gasteiger partial charge is 0.338 e. The number of hydrogen-bond donors (Lipinski definition) is 1. The van der Waals surface area contributed by atoms with Crippen LogP contribution in [-0.4, -0.2) is 46.9 Å². The van der Waals surface area contributed by atoms with Gasteiger partial charge in [0.1, 0.15) is 0 Å². The first-order valence-electron chi connectivity index (χ1n) is 10.1. The van der Waals surface area contributed by atoms with Crippen molar-refractivity contribution in [1.82, 2.24) is 9.47 Å². The molecule has 0 unspecified atom stereocenters. The highest BCUT2D eigenvalue weighted by molar-refractivity contribution is 5.97. The lowest BCUT2D eigenvalue weighted by molar-refractivity contribution is -0.119. The molecule has 1 aromatic heterocycles. The Bertz CT molecular complexity index is 1020. The highest BCUT2D eigenvalue weighted by atomic mass is 16.5. The third-order valence-corrected chi connectivity index (χ3v) is 4.81. The van der Waals surface area contributed by atoms with Gasteiger partial charge in [-0.15, -0.1) is 0 Å². The third-order valence-electron chi connectivity index (χ3n) is 4.81. The second kappa shape index (κ2) is 10.2. The Hall–Kier alpha value is -3.87. The molecule has 0 saturated heterocycles. The van der Waals surface area contributed by atoms with Crippen LogP contribution in [0.2, 0.25) is 0 Å². The molecule has 0 saturated carbocycles. The number of esters is 1. The predicted octanol–water partition coefficient (Wildman–Crippen LogP) is 3.75. The standard InChI is InChI=1S/C24H25N3O4/c1-3-26(4-2)23(29)18-7-11-20(12-8-18)25-22(28)17-31-24(30)19-9-13-21(14-10-19)27-15-5-6-16-27/h5-16H,3-4,17H2,1-2H3,(H,25,28). The number of carbonyl (C=O) groups excluding carboxylic acids is 3. The minimum atomic E-state index is -0.575. The van der Waals surface area contributed by atoms with Gasteiger partial charge in [-0.1, -0.05) is 0 Å². The molecule has 3 rings (SSSR count). The van der Waals surface area contributed by atoms with Crippen LogP contribution in [0.3, 0.4) is 0 Å². The molecule has 7 nitrogen and oxygen atoms in total. The summed E-state index contributed by atoms with van der Waals surface area (Å²) in [6.45, 7) is 4.71. The summed E-state index contributed by atoms with van der Waals surface area (Å²) < 4.78 is 7.02. The second-order valence-corrected chi connectivity index (χ2v) is 6.82. The number of aromatic nitrogens is 1. The fourth-order valence-corrected chi connectivity index (χ4v) is 3.08. The molecular weight excluding hydrogens is 394 g/mol. The van der Waals surface area contributed by atoms with Crippen molar-refractivity contribution in [3.05, 3.63) is 84.2 Å². The van der Waals surface area contributed by atoms with Gasteiger partial charge < -0.3 is 19.5 Å². The Balaban J connectivity index is 1.50. The monoisotopic (exact) mass is 419 g/mol. The fourth-order valence-electron chi connectivity index (χ4n) is 3.08. The number of nitrogens with one attached hydrogen (secondary N) is 1. The van der Waals surface area contributed by atoms with E-state index in [0.29, 0.717) is 29.9 Å². The van der Waals surface area contributed by atoms with Gasteiger partial charge in [0, 0.05) is 42.4 Å². The molecule has 1 N–H and O–H groups in total. The third kappa shape index (κ3) is 5.60. The molecule has 3 aromatic rings.